The molecule has 1 aromatic rings. The van der Waals surface area contributed by atoms with Gasteiger partial charge in [0.05, 0.1) is 6.04 Å². The second-order valence-electron chi connectivity index (χ2n) is 7.49. The number of hydrogen-bond acceptors (Lipinski definition) is 2. The highest BCUT2D eigenvalue weighted by Gasteiger charge is 2.32. The topological polar surface area (TPSA) is 46.3 Å². The lowest BCUT2D eigenvalue weighted by Gasteiger charge is -2.37. The van der Waals surface area contributed by atoms with Crippen LogP contribution in [0.4, 0.5) is 0 Å². The zero-order valence-electron chi connectivity index (χ0n) is 14.3. The zero-order chi connectivity index (χ0) is 16.2. The van der Waals surface area contributed by atoms with E-state index in [1.165, 1.54) is 31.2 Å². The first-order valence-corrected chi connectivity index (χ1v) is 9.25. The number of carbonyl (C=O) groups is 1. The van der Waals surface area contributed by atoms with Crippen LogP contribution in [0, 0.1) is 11.8 Å². The van der Waals surface area contributed by atoms with E-state index >= 15 is 0 Å². The Morgan fingerprint density at radius 3 is 2.43 bits per heavy atom. The van der Waals surface area contributed by atoms with Crippen LogP contribution < -0.4 is 5.73 Å². The van der Waals surface area contributed by atoms with Gasteiger partial charge in [-0.25, -0.2) is 0 Å². The molecule has 2 N–H and O–H groups in total. The summed E-state index contributed by atoms with van der Waals surface area (Å²) in [5.74, 6) is 1.38. The Labute approximate surface area is 140 Å². The minimum absolute atomic E-state index is 0.155. The number of nitrogens with two attached hydrogens (primary N) is 1. The van der Waals surface area contributed by atoms with Gasteiger partial charge in [0.25, 0.3) is 0 Å². The molecule has 0 radical (unpaired) electrons. The first kappa shape index (κ1) is 16.5. The van der Waals surface area contributed by atoms with E-state index in [1.54, 1.807) is 0 Å². The van der Waals surface area contributed by atoms with Gasteiger partial charge in [0.15, 0.2) is 0 Å². The quantitative estimate of drug-likeness (QED) is 0.865. The largest absolute Gasteiger partial charge is 0.336 e. The molecule has 23 heavy (non-hydrogen) atoms. The molecule has 3 atom stereocenters. The van der Waals surface area contributed by atoms with Crippen LogP contribution in [0.1, 0.15) is 63.5 Å². The summed E-state index contributed by atoms with van der Waals surface area (Å²) in [6, 6.07) is 10.8. The summed E-state index contributed by atoms with van der Waals surface area (Å²) in [5, 5.41) is 0. The van der Waals surface area contributed by atoms with Gasteiger partial charge in [0, 0.05) is 19.0 Å². The number of amides is 1. The van der Waals surface area contributed by atoms with Crippen molar-refractivity contribution in [2.45, 2.75) is 64.0 Å². The fourth-order valence-electron chi connectivity index (χ4n) is 4.00. The lowest BCUT2D eigenvalue weighted by atomic mass is 9.84. The van der Waals surface area contributed by atoms with Crippen molar-refractivity contribution >= 4 is 5.91 Å². The minimum Gasteiger partial charge on any atom is -0.336 e. The van der Waals surface area contributed by atoms with E-state index in [-0.39, 0.29) is 12.1 Å². The molecule has 126 valence electrons. The lowest BCUT2D eigenvalue weighted by molar-refractivity contribution is -0.135. The first-order chi connectivity index (χ1) is 11.1. The summed E-state index contributed by atoms with van der Waals surface area (Å²) in [7, 11) is 0. The van der Waals surface area contributed by atoms with E-state index in [9.17, 15) is 4.79 Å². The van der Waals surface area contributed by atoms with E-state index in [2.05, 4.69) is 36.1 Å². The minimum atomic E-state index is 0.155. The normalized spacial score (nSPS) is 25.8. The highest BCUT2D eigenvalue weighted by atomic mass is 16.2. The molecule has 1 amide bonds. The van der Waals surface area contributed by atoms with Crippen LogP contribution in [0.3, 0.4) is 0 Å². The molecule has 1 unspecified atom stereocenters. The molecule has 3 nitrogen and oxygen atoms in total. The van der Waals surface area contributed by atoms with E-state index in [0.717, 1.165) is 19.4 Å². The van der Waals surface area contributed by atoms with Crippen molar-refractivity contribution in [2.24, 2.45) is 17.6 Å². The monoisotopic (exact) mass is 314 g/mol. The third-order valence-corrected chi connectivity index (χ3v) is 5.90. The second-order valence-corrected chi connectivity index (χ2v) is 7.49. The SMILES string of the molecule is CC(c1ccccc1)N(CC1CCC1)C(=O)C[C@@H]1CCC[C@H]1N. The van der Waals surface area contributed by atoms with Crippen molar-refractivity contribution in [1.82, 2.24) is 4.90 Å². The van der Waals surface area contributed by atoms with Crippen LogP contribution in [0.25, 0.3) is 0 Å². The zero-order valence-corrected chi connectivity index (χ0v) is 14.3. The third kappa shape index (κ3) is 3.95. The van der Waals surface area contributed by atoms with Gasteiger partial charge in [0.2, 0.25) is 5.91 Å². The number of hydrogen-bond donors (Lipinski definition) is 1. The molecular formula is C20H30N2O. The van der Waals surface area contributed by atoms with E-state index in [0.29, 0.717) is 24.2 Å². The Morgan fingerprint density at radius 2 is 1.87 bits per heavy atom. The first-order valence-electron chi connectivity index (χ1n) is 9.25. The van der Waals surface area contributed by atoms with Crippen LogP contribution in [-0.4, -0.2) is 23.4 Å². The Balaban J connectivity index is 1.70. The van der Waals surface area contributed by atoms with Gasteiger partial charge in [0.1, 0.15) is 0 Å². The van der Waals surface area contributed by atoms with Gasteiger partial charge in [-0.1, -0.05) is 43.2 Å². The maximum absolute atomic E-state index is 13.0. The summed E-state index contributed by atoms with van der Waals surface area (Å²) >= 11 is 0. The number of carbonyl (C=O) groups excluding carboxylic acids is 1. The van der Waals surface area contributed by atoms with Crippen LogP contribution in [0.5, 0.6) is 0 Å². The molecule has 2 aliphatic carbocycles. The van der Waals surface area contributed by atoms with Gasteiger partial charge < -0.3 is 10.6 Å². The van der Waals surface area contributed by atoms with Gasteiger partial charge in [-0.2, -0.15) is 0 Å². The molecule has 0 aliphatic heterocycles. The fraction of sp³-hybridized carbons (Fsp3) is 0.650. The Hall–Kier alpha value is -1.35. The van der Waals surface area contributed by atoms with Gasteiger partial charge >= 0.3 is 0 Å². The molecule has 3 heteroatoms. The highest BCUT2D eigenvalue weighted by Crippen LogP contribution is 2.33. The Kier molecular flexibility index (Phi) is 5.37. The average Bonchev–Trinajstić information content (AvgIpc) is 2.91. The summed E-state index contributed by atoms with van der Waals surface area (Å²) in [4.78, 5) is 15.1. The number of nitrogens with zero attached hydrogens (tertiary/aromatic N) is 1. The molecule has 2 aliphatic rings. The van der Waals surface area contributed by atoms with Crippen LogP contribution in [0.2, 0.25) is 0 Å². The standard InChI is InChI=1S/C20H30N2O/c1-15(17-9-3-2-4-10-17)22(14-16-7-5-8-16)20(23)13-18-11-6-12-19(18)21/h2-4,9-10,15-16,18-19H,5-8,11-14,21H2,1H3/t15?,18-,19+/m0/s1. The molecule has 0 aromatic heterocycles. The van der Waals surface area contributed by atoms with Crippen LogP contribution in [0.15, 0.2) is 30.3 Å². The molecule has 0 saturated heterocycles. The number of benzene rings is 1. The van der Waals surface area contributed by atoms with Crippen molar-refractivity contribution in [1.29, 1.82) is 0 Å². The van der Waals surface area contributed by atoms with E-state index in [4.69, 9.17) is 5.73 Å². The summed E-state index contributed by atoms with van der Waals surface area (Å²) < 4.78 is 0. The third-order valence-electron chi connectivity index (χ3n) is 5.90. The van der Waals surface area contributed by atoms with Crippen LogP contribution in [-0.2, 0) is 4.79 Å². The number of rotatable bonds is 6. The second kappa shape index (κ2) is 7.48. The van der Waals surface area contributed by atoms with Gasteiger partial charge in [-0.15, -0.1) is 0 Å². The molecule has 0 heterocycles. The maximum atomic E-state index is 13.0. The molecule has 0 spiro atoms. The Bertz CT molecular complexity index is 512. The van der Waals surface area contributed by atoms with Gasteiger partial charge in [-0.05, 0) is 50.0 Å². The van der Waals surface area contributed by atoms with E-state index < -0.39 is 0 Å². The summed E-state index contributed by atoms with van der Waals surface area (Å²) in [6.45, 7) is 3.08. The van der Waals surface area contributed by atoms with Gasteiger partial charge in [-0.3, -0.25) is 4.79 Å². The predicted molar refractivity (Wildman–Crippen MR) is 93.8 cm³/mol. The van der Waals surface area contributed by atoms with Crippen molar-refractivity contribution in [2.75, 3.05) is 6.54 Å². The van der Waals surface area contributed by atoms with Crippen molar-refractivity contribution in [3.8, 4) is 0 Å². The highest BCUT2D eigenvalue weighted by molar-refractivity contribution is 5.77. The van der Waals surface area contributed by atoms with E-state index in [1.807, 2.05) is 6.07 Å². The fourth-order valence-corrected chi connectivity index (χ4v) is 4.00. The lowest BCUT2D eigenvalue weighted by Crippen LogP contribution is -2.41. The molecule has 3 rings (SSSR count). The summed E-state index contributed by atoms with van der Waals surface area (Å²) in [5.41, 5.74) is 7.41. The van der Waals surface area contributed by atoms with Crippen molar-refractivity contribution in [3.63, 3.8) is 0 Å². The smallest absolute Gasteiger partial charge is 0.223 e. The molecular weight excluding hydrogens is 284 g/mol. The molecule has 0 bridgehead atoms. The average molecular weight is 314 g/mol. The predicted octanol–water partition coefficient (Wildman–Crippen LogP) is 3.89. The summed E-state index contributed by atoms with van der Waals surface area (Å²) in [6.07, 6.45) is 7.86. The van der Waals surface area contributed by atoms with Crippen LogP contribution >= 0.6 is 0 Å². The van der Waals surface area contributed by atoms with Crippen molar-refractivity contribution in [3.05, 3.63) is 35.9 Å². The Morgan fingerprint density at radius 1 is 1.17 bits per heavy atom. The molecule has 2 saturated carbocycles. The van der Waals surface area contributed by atoms with Crippen molar-refractivity contribution < 1.29 is 4.79 Å². The molecule has 1 aromatic carbocycles. The maximum Gasteiger partial charge on any atom is 0.223 e. The molecule has 2 fully saturated rings.